The number of amides is 1. The van der Waals surface area contributed by atoms with Gasteiger partial charge in [-0.1, -0.05) is 6.08 Å². The van der Waals surface area contributed by atoms with E-state index in [4.69, 9.17) is 14.2 Å². The number of carbonyl (C=O) groups excluding carboxylic acids is 2. The summed E-state index contributed by atoms with van der Waals surface area (Å²) in [4.78, 5) is 25.7. The Morgan fingerprint density at radius 3 is 2.81 bits per heavy atom. The fourth-order valence-electron chi connectivity index (χ4n) is 3.03. The molecule has 0 aliphatic carbocycles. The van der Waals surface area contributed by atoms with E-state index in [1.807, 2.05) is 20.8 Å². The zero-order valence-corrected chi connectivity index (χ0v) is 17.4. The number of carbonyl (C=O) groups is 2. The predicted octanol–water partition coefficient (Wildman–Crippen LogP) is 4.46. The molecule has 2 aliphatic heterocycles. The number of cyclic esters (lactones) is 1. The lowest BCUT2D eigenvalue weighted by Crippen LogP contribution is -2.37. The zero-order chi connectivity index (χ0) is 19.6. The monoisotopic (exact) mass is 437 g/mol. The molecule has 0 N–H and O–H groups in total. The van der Waals surface area contributed by atoms with Crippen LogP contribution in [-0.4, -0.2) is 42.3 Å². The second-order valence-corrected chi connectivity index (χ2v) is 8.49. The maximum atomic E-state index is 12.3. The molecule has 7 heteroatoms. The molecule has 0 atom stereocenters. The topological polar surface area (TPSA) is 65.1 Å². The summed E-state index contributed by atoms with van der Waals surface area (Å²) in [6, 6.07) is 3.54. The number of esters is 1. The lowest BCUT2D eigenvalue weighted by molar-refractivity contribution is 0.0258. The number of halogens is 1. The van der Waals surface area contributed by atoms with E-state index in [2.05, 4.69) is 22.0 Å². The van der Waals surface area contributed by atoms with Crippen molar-refractivity contribution in [2.75, 3.05) is 19.7 Å². The summed E-state index contributed by atoms with van der Waals surface area (Å²) in [5.41, 5.74) is 1.95. The Labute approximate surface area is 167 Å². The van der Waals surface area contributed by atoms with E-state index in [-0.39, 0.29) is 18.7 Å². The van der Waals surface area contributed by atoms with Crippen molar-refractivity contribution in [3.8, 4) is 5.75 Å². The van der Waals surface area contributed by atoms with Gasteiger partial charge >= 0.3 is 12.1 Å². The normalized spacial score (nSPS) is 17.0. The van der Waals surface area contributed by atoms with Gasteiger partial charge in [0.15, 0.2) is 0 Å². The van der Waals surface area contributed by atoms with Crippen molar-refractivity contribution in [3.63, 3.8) is 0 Å². The molecule has 2 aliphatic rings. The SMILES string of the molecule is CC(C)(C)OC(=O)N1CCC=C(COc2c(Br)ccc3c2COC3=O)CC1. The van der Waals surface area contributed by atoms with Crippen LogP contribution in [0.1, 0.15) is 49.5 Å². The number of hydrogen-bond donors (Lipinski definition) is 0. The van der Waals surface area contributed by atoms with E-state index < -0.39 is 5.60 Å². The van der Waals surface area contributed by atoms with Gasteiger partial charge in [0, 0.05) is 18.7 Å². The highest BCUT2D eigenvalue weighted by Crippen LogP contribution is 2.36. The molecule has 0 fully saturated rings. The molecule has 0 radical (unpaired) electrons. The maximum Gasteiger partial charge on any atom is 0.410 e. The highest BCUT2D eigenvalue weighted by Gasteiger charge is 2.27. The van der Waals surface area contributed by atoms with Crippen molar-refractivity contribution in [2.45, 2.75) is 45.8 Å². The number of hydrogen-bond acceptors (Lipinski definition) is 5. The molecule has 146 valence electrons. The van der Waals surface area contributed by atoms with Crippen LogP contribution in [0.5, 0.6) is 5.75 Å². The van der Waals surface area contributed by atoms with E-state index in [1.54, 1.807) is 17.0 Å². The molecule has 2 heterocycles. The second-order valence-electron chi connectivity index (χ2n) is 7.64. The highest BCUT2D eigenvalue weighted by molar-refractivity contribution is 9.10. The van der Waals surface area contributed by atoms with Gasteiger partial charge in [0.1, 0.15) is 24.6 Å². The van der Waals surface area contributed by atoms with Crippen molar-refractivity contribution in [3.05, 3.63) is 39.4 Å². The zero-order valence-electron chi connectivity index (χ0n) is 15.8. The van der Waals surface area contributed by atoms with E-state index in [0.29, 0.717) is 31.0 Å². The molecule has 27 heavy (non-hydrogen) atoms. The third kappa shape index (κ3) is 4.83. The van der Waals surface area contributed by atoms with Crippen LogP contribution in [0.15, 0.2) is 28.3 Å². The van der Waals surface area contributed by atoms with Gasteiger partial charge < -0.3 is 19.1 Å². The molecule has 0 saturated heterocycles. The predicted molar refractivity (Wildman–Crippen MR) is 104 cm³/mol. The van der Waals surface area contributed by atoms with Gasteiger partial charge in [0.05, 0.1) is 10.0 Å². The summed E-state index contributed by atoms with van der Waals surface area (Å²) in [6.45, 7) is 7.46. The van der Waals surface area contributed by atoms with E-state index in [9.17, 15) is 9.59 Å². The van der Waals surface area contributed by atoms with Gasteiger partial charge in [0.25, 0.3) is 0 Å². The molecule has 1 aromatic carbocycles. The second kappa shape index (κ2) is 7.92. The smallest absolute Gasteiger partial charge is 0.410 e. The van der Waals surface area contributed by atoms with Crippen molar-refractivity contribution in [1.82, 2.24) is 4.90 Å². The van der Waals surface area contributed by atoms with Crippen LogP contribution in [0.3, 0.4) is 0 Å². The summed E-state index contributed by atoms with van der Waals surface area (Å²) in [5, 5.41) is 0. The summed E-state index contributed by atoms with van der Waals surface area (Å²) in [5.74, 6) is 0.330. The Morgan fingerprint density at radius 1 is 1.30 bits per heavy atom. The number of nitrogens with zero attached hydrogens (tertiary/aromatic N) is 1. The minimum absolute atomic E-state index is 0.231. The largest absolute Gasteiger partial charge is 0.488 e. The van der Waals surface area contributed by atoms with Gasteiger partial charge in [-0.15, -0.1) is 0 Å². The summed E-state index contributed by atoms with van der Waals surface area (Å²) >= 11 is 3.49. The first-order valence-electron chi connectivity index (χ1n) is 9.02. The third-order valence-electron chi connectivity index (χ3n) is 4.37. The third-order valence-corrected chi connectivity index (χ3v) is 4.99. The molecule has 0 aromatic heterocycles. The van der Waals surface area contributed by atoms with Crippen LogP contribution < -0.4 is 4.74 Å². The van der Waals surface area contributed by atoms with E-state index in [0.717, 1.165) is 28.5 Å². The van der Waals surface area contributed by atoms with Crippen LogP contribution >= 0.6 is 15.9 Å². The Balaban J connectivity index is 1.60. The number of ether oxygens (including phenoxy) is 3. The molecule has 6 nitrogen and oxygen atoms in total. The quantitative estimate of drug-likeness (QED) is 0.515. The molecule has 1 aromatic rings. The Hall–Kier alpha value is -2.02. The Morgan fingerprint density at radius 2 is 2.07 bits per heavy atom. The molecular weight excluding hydrogens is 414 g/mol. The molecule has 3 rings (SSSR count). The summed E-state index contributed by atoms with van der Waals surface area (Å²) in [7, 11) is 0. The first kappa shape index (κ1) is 19.7. The molecular formula is C20H24BrNO5. The number of fused-ring (bicyclic) bond motifs is 1. The van der Waals surface area contributed by atoms with Gasteiger partial charge in [-0.05, 0) is 67.2 Å². The van der Waals surface area contributed by atoms with Crippen LogP contribution in [0, 0.1) is 0 Å². The first-order valence-corrected chi connectivity index (χ1v) is 9.81. The fraction of sp³-hybridized carbons (Fsp3) is 0.500. The highest BCUT2D eigenvalue weighted by atomic mass is 79.9. The van der Waals surface area contributed by atoms with Crippen molar-refractivity contribution < 1.29 is 23.8 Å². The lowest BCUT2D eigenvalue weighted by Gasteiger charge is -2.26. The molecule has 0 saturated carbocycles. The average Bonchev–Trinajstić information content (AvgIpc) is 2.80. The van der Waals surface area contributed by atoms with Crippen LogP contribution in [0.4, 0.5) is 4.79 Å². The van der Waals surface area contributed by atoms with Crippen molar-refractivity contribution in [1.29, 1.82) is 0 Å². The minimum atomic E-state index is -0.498. The van der Waals surface area contributed by atoms with E-state index in [1.165, 1.54) is 0 Å². The average molecular weight is 438 g/mol. The first-order chi connectivity index (χ1) is 12.7. The number of benzene rings is 1. The van der Waals surface area contributed by atoms with Gasteiger partial charge in [-0.3, -0.25) is 0 Å². The molecule has 1 amide bonds. The molecule has 0 bridgehead atoms. The molecule has 0 unspecified atom stereocenters. The van der Waals surface area contributed by atoms with Crippen LogP contribution in [0.2, 0.25) is 0 Å². The number of rotatable bonds is 3. The van der Waals surface area contributed by atoms with E-state index >= 15 is 0 Å². The van der Waals surface area contributed by atoms with Crippen LogP contribution in [-0.2, 0) is 16.1 Å². The summed E-state index contributed by atoms with van der Waals surface area (Å²) < 4.78 is 17.4. The van der Waals surface area contributed by atoms with Crippen molar-refractivity contribution in [2.24, 2.45) is 0 Å². The van der Waals surface area contributed by atoms with Gasteiger partial charge in [-0.25, -0.2) is 9.59 Å². The Bertz CT molecular complexity index is 781. The van der Waals surface area contributed by atoms with Crippen LogP contribution in [0.25, 0.3) is 0 Å². The van der Waals surface area contributed by atoms with Gasteiger partial charge in [0.2, 0.25) is 0 Å². The minimum Gasteiger partial charge on any atom is -0.488 e. The van der Waals surface area contributed by atoms with Gasteiger partial charge in [-0.2, -0.15) is 0 Å². The molecule has 0 spiro atoms. The Kier molecular flexibility index (Phi) is 5.79. The fourth-order valence-corrected chi connectivity index (χ4v) is 3.51. The maximum absolute atomic E-state index is 12.3. The lowest BCUT2D eigenvalue weighted by atomic mass is 10.1. The summed E-state index contributed by atoms with van der Waals surface area (Å²) in [6.07, 6.45) is 3.32. The van der Waals surface area contributed by atoms with Crippen molar-refractivity contribution >= 4 is 28.0 Å². The standard InChI is InChI=1S/C20H24BrNO5/c1-20(2,3)27-19(24)22-9-4-5-13(8-10-22)11-25-17-15-12-26-18(23)14(15)6-7-16(17)21/h5-7H,4,8-12H2,1-3H3.